The van der Waals surface area contributed by atoms with Crippen molar-refractivity contribution in [2.75, 3.05) is 0 Å². The van der Waals surface area contributed by atoms with Crippen LogP contribution in [-0.2, 0) is 17.6 Å². The van der Waals surface area contributed by atoms with E-state index in [0.717, 1.165) is 42.6 Å². The van der Waals surface area contributed by atoms with E-state index in [0.29, 0.717) is 5.41 Å². The van der Waals surface area contributed by atoms with Gasteiger partial charge in [0.1, 0.15) is 5.82 Å². The average molecular weight is 442 g/mol. The van der Waals surface area contributed by atoms with Gasteiger partial charge in [0.2, 0.25) is 5.91 Å². The zero-order chi connectivity index (χ0) is 22.8. The molecule has 3 aliphatic carbocycles. The molecule has 3 aromatic rings. The van der Waals surface area contributed by atoms with E-state index in [4.69, 9.17) is 5.73 Å². The maximum Gasteiger partial charge on any atom is 0.224 e. The number of amides is 1. The van der Waals surface area contributed by atoms with Crippen molar-refractivity contribution in [1.29, 1.82) is 0 Å². The fourth-order valence-electron chi connectivity index (χ4n) is 6.63. The van der Waals surface area contributed by atoms with E-state index in [1.165, 1.54) is 36.1 Å². The first-order valence-electron chi connectivity index (χ1n) is 11.8. The quantitative estimate of drug-likeness (QED) is 0.561. The molecule has 2 N–H and O–H groups in total. The molecule has 0 aliphatic heterocycles. The maximum atomic E-state index is 13.4. The van der Waals surface area contributed by atoms with Crippen molar-refractivity contribution < 1.29 is 9.18 Å². The number of carbonyl (C=O) groups excluding carboxylic acids is 1. The third kappa shape index (κ3) is 3.01. The van der Waals surface area contributed by atoms with Gasteiger partial charge in [0.25, 0.3) is 0 Å². The second kappa shape index (κ2) is 7.14. The molecule has 0 saturated heterocycles. The van der Waals surface area contributed by atoms with Gasteiger partial charge in [0.15, 0.2) is 0 Å². The summed E-state index contributed by atoms with van der Waals surface area (Å²) in [6.07, 6.45) is 11.1. The third-order valence-electron chi connectivity index (χ3n) is 8.60. The number of allylic oxidation sites excluding steroid dienone is 1. The van der Waals surface area contributed by atoms with E-state index >= 15 is 0 Å². The van der Waals surface area contributed by atoms with Gasteiger partial charge in [-0.05, 0) is 97.9 Å². The second-order valence-corrected chi connectivity index (χ2v) is 10.2. The van der Waals surface area contributed by atoms with Gasteiger partial charge in [0.05, 0.1) is 23.5 Å². The highest BCUT2D eigenvalue weighted by Gasteiger charge is 2.71. The molecule has 1 aromatic heterocycles. The standard InChI is InChI=1S/C28H28FN3O/c1-18(26(30)33)24-5-3-2-4-19(24)10-12-27-13-11-21-14-25-20(15-28(21,27)17-27)16-31-32(25)23-8-6-22(29)7-9-23/h2-9,14,16,18H,10-13,15,17H2,1H3,(H2,30,33)/t18?,27-,28?/m1/s1. The summed E-state index contributed by atoms with van der Waals surface area (Å²) in [5.41, 5.74) is 13.4. The fraction of sp³-hybridized carbons (Fsp3) is 0.357. The Morgan fingerprint density at radius 1 is 1.21 bits per heavy atom. The number of aryl methyl sites for hydroxylation is 1. The number of aromatic nitrogens is 2. The van der Waals surface area contributed by atoms with Gasteiger partial charge in [-0.1, -0.05) is 29.8 Å². The van der Waals surface area contributed by atoms with Gasteiger partial charge >= 0.3 is 0 Å². The molecule has 168 valence electrons. The first-order valence-corrected chi connectivity index (χ1v) is 11.8. The lowest BCUT2D eigenvalue weighted by Crippen LogP contribution is -2.20. The summed E-state index contributed by atoms with van der Waals surface area (Å²) in [7, 11) is 0. The topological polar surface area (TPSA) is 60.9 Å². The fourth-order valence-corrected chi connectivity index (χ4v) is 6.63. The van der Waals surface area contributed by atoms with Gasteiger partial charge in [0, 0.05) is 5.41 Å². The Bertz CT molecular complexity index is 1290. The molecule has 0 radical (unpaired) electrons. The molecular weight excluding hydrogens is 413 g/mol. The van der Waals surface area contributed by atoms with Crippen molar-refractivity contribution in [2.24, 2.45) is 16.6 Å². The molecule has 3 atom stereocenters. The Kier molecular flexibility index (Phi) is 4.42. The van der Waals surface area contributed by atoms with E-state index < -0.39 is 0 Å². The van der Waals surface area contributed by atoms with E-state index in [1.807, 2.05) is 29.9 Å². The zero-order valence-corrected chi connectivity index (χ0v) is 18.9. The second-order valence-electron chi connectivity index (χ2n) is 10.2. The van der Waals surface area contributed by atoms with Crippen molar-refractivity contribution >= 4 is 12.0 Å². The van der Waals surface area contributed by atoms with Crippen LogP contribution >= 0.6 is 0 Å². The van der Waals surface area contributed by atoms with Crippen LogP contribution in [0.4, 0.5) is 4.39 Å². The molecule has 2 aromatic carbocycles. The number of nitrogens with zero attached hydrogens (tertiary/aromatic N) is 2. The van der Waals surface area contributed by atoms with Crippen LogP contribution in [0, 0.1) is 16.6 Å². The first kappa shape index (κ1) is 20.4. The number of halogens is 1. The number of benzene rings is 2. The monoisotopic (exact) mass is 441 g/mol. The van der Waals surface area contributed by atoms with Gasteiger partial charge in [-0.2, -0.15) is 5.10 Å². The van der Waals surface area contributed by atoms with Gasteiger partial charge < -0.3 is 5.73 Å². The van der Waals surface area contributed by atoms with Crippen LogP contribution in [0.1, 0.15) is 60.9 Å². The summed E-state index contributed by atoms with van der Waals surface area (Å²) >= 11 is 0. The molecule has 1 spiro atoms. The number of hydrogen-bond acceptors (Lipinski definition) is 2. The minimum atomic E-state index is -0.271. The SMILES string of the molecule is CC(C(N)=O)c1ccccc1CC[C@]12CCC3=Cc4c(cnn4-c4ccc(F)cc4)CC31C2. The van der Waals surface area contributed by atoms with Crippen LogP contribution in [0.2, 0.25) is 0 Å². The first-order chi connectivity index (χ1) is 15.9. The molecule has 2 unspecified atom stereocenters. The van der Waals surface area contributed by atoms with Crippen LogP contribution in [0.5, 0.6) is 0 Å². The van der Waals surface area contributed by atoms with Gasteiger partial charge in [-0.25, -0.2) is 9.07 Å². The van der Waals surface area contributed by atoms with E-state index in [2.05, 4.69) is 23.3 Å². The summed E-state index contributed by atoms with van der Waals surface area (Å²) in [6, 6.07) is 14.8. The highest BCUT2D eigenvalue weighted by Crippen LogP contribution is 2.79. The van der Waals surface area contributed by atoms with Crippen LogP contribution in [0.15, 0.2) is 60.3 Å². The molecule has 2 fully saturated rings. The number of primary amides is 1. The van der Waals surface area contributed by atoms with Crippen LogP contribution < -0.4 is 5.73 Å². The largest absolute Gasteiger partial charge is 0.369 e. The summed E-state index contributed by atoms with van der Waals surface area (Å²) in [5, 5.41) is 4.64. The lowest BCUT2D eigenvalue weighted by Gasteiger charge is -2.24. The van der Waals surface area contributed by atoms with Gasteiger partial charge in [-0.15, -0.1) is 0 Å². The number of rotatable bonds is 6. The predicted molar refractivity (Wildman–Crippen MR) is 126 cm³/mol. The van der Waals surface area contributed by atoms with Crippen molar-refractivity contribution in [3.63, 3.8) is 0 Å². The summed E-state index contributed by atoms with van der Waals surface area (Å²) in [6.45, 7) is 1.90. The predicted octanol–water partition coefficient (Wildman–Crippen LogP) is 5.34. The molecule has 1 amide bonds. The van der Waals surface area contributed by atoms with E-state index in [-0.39, 0.29) is 23.1 Å². The lowest BCUT2D eigenvalue weighted by molar-refractivity contribution is -0.119. The molecule has 2 saturated carbocycles. The molecule has 0 bridgehead atoms. The molecule has 5 heteroatoms. The highest BCUT2D eigenvalue weighted by atomic mass is 19.1. The Morgan fingerprint density at radius 2 is 2.00 bits per heavy atom. The molecule has 6 rings (SSSR count). The normalized spacial score (nSPS) is 25.6. The molecular formula is C28H28FN3O. The number of nitrogens with two attached hydrogens (primary N) is 1. The third-order valence-corrected chi connectivity index (χ3v) is 8.60. The van der Waals surface area contributed by atoms with Gasteiger partial charge in [-0.3, -0.25) is 4.79 Å². The average Bonchev–Trinajstić information content (AvgIpc) is 3.09. The number of carbonyl (C=O) groups is 1. The minimum Gasteiger partial charge on any atom is -0.369 e. The van der Waals surface area contributed by atoms with Crippen molar-refractivity contribution in [3.8, 4) is 5.69 Å². The minimum absolute atomic E-state index is 0.234. The van der Waals surface area contributed by atoms with E-state index in [9.17, 15) is 9.18 Å². The van der Waals surface area contributed by atoms with Crippen LogP contribution in [0.3, 0.4) is 0 Å². The zero-order valence-electron chi connectivity index (χ0n) is 18.9. The maximum absolute atomic E-state index is 13.4. The Hall–Kier alpha value is -3.21. The highest BCUT2D eigenvalue weighted by molar-refractivity contribution is 5.81. The van der Waals surface area contributed by atoms with Crippen molar-refractivity contribution in [2.45, 2.75) is 51.4 Å². The molecule has 4 nitrogen and oxygen atoms in total. The molecule has 33 heavy (non-hydrogen) atoms. The summed E-state index contributed by atoms with van der Waals surface area (Å²) < 4.78 is 15.3. The molecule has 1 heterocycles. The smallest absolute Gasteiger partial charge is 0.224 e. The Morgan fingerprint density at radius 3 is 2.79 bits per heavy atom. The van der Waals surface area contributed by atoms with Crippen molar-refractivity contribution in [3.05, 3.63) is 88.5 Å². The number of hydrogen-bond donors (Lipinski definition) is 1. The molecule has 3 aliphatic rings. The summed E-state index contributed by atoms with van der Waals surface area (Å²) in [5.74, 6) is -0.768. The Balaban J connectivity index is 1.25. The lowest BCUT2D eigenvalue weighted by atomic mass is 9.80. The van der Waals surface area contributed by atoms with Crippen molar-refractivity contribution in [1.82, 2.24) is 9.78 Å². The van der Waals surface area contributed by atoms with Crippen LogP contribution in [0.25, 0.3) is 11.8 Å². The summed E-state index contributed by atoms with van der Waals surface area (Å²) in [4.78, 5) is 11.8. The Labute approximate surface area is 193 Å². The number of fused-ring (bicyclic) bond motifs is 1. The van der Waals surface area contributed by atoms with E-state index in [1.54, 1.807) is 17.7 Å². The van der Waals surface area contributed by atoms with Crippen LogP contribution in [-0.4, -0.2) is 15.7 Å².